The molecule has 6 nitrogen and oxygen atoms in total. The number of ether oxygens (including phenoxy) is 4. The number of methoxy groups -OCH3 is 2. The first-order chi connectivity index (χ1) is 15.0. The number of carbonyl (C=O) groups excluding carboxylic acids is 2. The summed E-state index contributed by atoms with van der Waals surface area (Å²) in [6.07, 6.45) is 9.87. The number of carbonyl (C=O) groups is 2. The molecule has 1 aromatic carbocycles. The van der Waals surface area contributed by atoms with Gasteiger partial charge in [0.15, 0.2) is 5.41 Å². The van der Waals surface area contributed by atoms with Crippen molar-refractivity contribution >= 4 is 11.9 Å². The minimum atomic E-state index is -1.46. The van der Waals surface area contributed by atoms with Crippen molar-refractivity contribution in [2.24, 2.45) is 10.8 Å². The van der Waals surface area contributed by atoms with Crippen LogP contribution in [0, 0.1) is 10.8 Å². The van der Waals surface area contributed by atoms with E-state index in [2.05, 4.69) is 6.08 Å². The molecule has 1 atom stereocenters. The second-order valence-electron chi connectivity index (χ2n) is 8.46. The van der Waals surface area contributed by atoms with E-state index in [1.807, 2.05) is 18.2 Å². The number of esters is 2. The normalized spacial score (nSPS) is 21.4. The van der Waals surface area contributed by atoms with Crippen molar-refractivity contribution in [2.45, 2.75) is 58.3 Å². The summed E-state index contributed by atoms with van der Waals surface area (Å²) in [4.78, 5) is 27.1. The Morgan fingerprint density at radius 1 is 0.968 bits per heavy atom. The Bertz CT molecular complexity index is 803. The van der Waals surface area contributed by atoms with E-state index < -0.39 is 23.3 Å². The fourth-order valence-electron chi connectivity index (χ4n) is 5.23. The van der Waals surface area contributed by atoms with Crippen LogP contribution in [0.3, 0.4) is 0 Å². The molecule has 170 valence electrons. The number of hydrogen-bond acceptors (Lipinski definition) is 6. The van der Waals surface area contributed by atoms with Crippen molar-refractivity contribution in [1.82, 2.24) is 0 Å². The third-order valence-electron chi connectivity index (χ3n) is 6.71. The molecule has 0 radical (unpaired) electrons. The first-order valence-electron chi connectivity index (χ1n) is 11.2. The molecule has 0 unspecified atom stereocenters. The van der Waals surface area contributed by atoms with Crippen LogP contribution in [-0.2, 0) is 19.1 Å². The molecule has 0 saturated heterocycles. The molecule has 0 aliphatic heterocycles. The lowest BCUT2D eigenvalue weighted by molar-refractivity contribution is -0.177. The SMILES string of the molecule is CCOC(=O)C1(C(=O)OCC)CC2(C=C[C@@H]1c1ccc(OC)cc1OC)CCCCC2. The lowest BCUT2D eigenvalue weighted by Gasteiger charge is -2.47. The van der Waals surface area contributed by atoms with Crippen LogP contribution < -0.4 is 9.47 Å². The Hall–Kier alpha value is -2.50. The number of allylic oxidation sites excluding steroid dienone is 2. The summed E-state index contributed by atoms with van der Waals surface area (Å²) in [5.74, 6) is -0.399. The Labute approximate surface area is 184 Å². The largest absolute Gasteiger partial charge is 0.497 e. The van der Waals surface area contributed by atoms with Gasteiger partial charge in [0.25, 0.3) is 0 Å². The van der Waals surface area contributed by atoms with Gasteiger partial charge in [-0.1, -0.05) is 37.5 Å². The van der Waals surface area contributed by atoms with E-state index in [0.29, 0.717) is 17.9 Å². The van der Waals surface area contributed by atoms with Crippen molar-refractivity contribution in [2.75, 3.05) is 27.4 Å². The summed E-state index contributed by atoms with van der Waals surface area (Å²) in [5.41, 5.74) is -0.917. The minimum absolute atomic E-state index is 0.198. The molecular formula is C25H34O6. The summed E-state index contributed by atoms with van der Waals surface area (Å²) < 4.78 is 22.0. The van der Waals surface area contributed by atoms with Crippen molar-refractivity contribution in [3.8, 4) is 11.5 Å². The lowest BCUT2D eigenvalue weighted by atomic mass is 9.55. The molecule has 1 saturated carbocycles. The quantitative estimate of drug-likeness (QED) is 0.351. The number of hydrogen-bond donors (Lipinski definition) is 0. The molecule has 2 aliphatic rings. The molecule has 2 aliphatic carbocycles. The average Bonchev–Trinajstić information content (AvgIpc) is 2.79. The topological polar surface area (TPSA) is 71.1 Å². The fraction of sp³-hybridized carbons (Fsp3) is 0.600. The van der Waals surface area contributed by atoms with E-state index in [1.165, 1.54) is 6.42 Å². The van der Waals surface area contributed by atoms with Crippen LogP contribution in [0.4, 0.5) is 0 Å². The minimum Gasteiger partial charge on any atom is -0.497 e. The van der Waals surface area contributed by atoms with E-state index in [9.17, 15) is 9.59 Å². The third kappa shape index (κ3) is 4.30. The highest BCUT2D eigenvalue weighted by Crippen LogP contribution is 2.57. The molecule has 1 spiro atoms. The molecular weight excluding hydrogens is 396 g/mol. The van der Waals surface area contributed by atoms with Crippen LogP contribution in [0.2, 0.25) is 0 Å². The van der Waals surface area contributed by atoms with Gasteiger partial charge in [0.1, 0.15) is 11.5 Å². The van der Waals surface area contributed by atoms with Crippen molar-refractivity contribution in [3.63, 3.8) is 0 Å². The highest BCUT2D eigenvalue weighted by atomic mass is 16.6. The molecule has 1 aromatic rings. The van der Waals surface area contributed by atoms with Crippen LogP contribution in [-0.4, -0.2) is 39.4 Å². The fourth-order valence-corrected chi connectivity index (χ4v) is 5.23. The van der Waals surface area contributed by atoms with Crippen LogP contribution in [0.25, 0.3) is 0 Å². The van der Waals surface area contributed by atoms with Gasteiger partial charge in [-0.05, 0) is 44.6 Å². The molecule has 0 bridgehead atoms. The van der Waals surface area contributed by atoms with Gasteiger partial charge in [-0.3, -0.25) is 9.59 Å². The molecule has 0 aromatic heterocycles. The van der Waals surface area contributed by atoms with Crippen LogP contribution in [0.5, 0.6) is 11.5 Å². The third-order valence-corrected chi connectivity index (χ3v) is 6.71. The Kier molecular flexibility index (Phi) is 7.29. The lowest BCUT2D eigenvalue weighted by Crippen LogP contribution is -2.51. The van der Waals surface area contributed by atoms with E-state index in [4.69, 9.17) is 18.9 Å². The van der Waals surface area contributed by atoms with Crippen LogP contribution in [0.1, 0.15) is 63.9 Å². The van der Waals surface area contributed by atoms with Crippen LogP contribution >= 0.6 is 0 Å². The maximum absolute atomic E-state index is 13.5. The highest BCUT2D eigenvalue weighted by molar-refractivity contribution is 6.02. The first kappa shape index (κ1) is 23.2. The van der Waals surface area contributed by atoms with E-state index in [-0.39, 0.29) is 18.6 Å². The molecule has 0 amide bonds. The van der Waals surface area contributed by atoms with E-state index in [0.717, 1.165) is 31.2 Å². The zero-order chi connectivity index (χ0) is 22.5. The standard InChI is InChI=1S/C25H34O6/c1-5-30-22(26)25(23(27)31-6-2)17-24(13-8-7-9-14-24)15-12-20(25)19-11-10-18(28-3)16-21(19)29-4/h10-12,15-16,20H,5-9,13-14,17H2,1-4H3/t20-/m1/s1. The predicted molar refractivity (Wildman–Crippen MR) is 117 cm³/mol. The summed E-state index contributed by atoms with van der Waals surface area (Å²) in [5, 5.41) is 0. The maximum atomic E-state index is 13.5. The highest BCUT2D eigenvalue weighted by Gasteiger charge is 2.60. The number of benzene rings is 1. The first-order valence-corrected chi connectivity index (χ1v) is 11.2. The Morgan fingerprint density at radius 3 is 2.16 bits per heavy atom. The van der Waals surface area contributed by atoms with Gasteiger partial charge in [-0.25, -0.2) is 0 Å². The molecule has 31 heavy (non-hydrogen) atoms. The maximum Gasteiger partial charge on any atom is 0.324 e. The molecule has 3 rings (SSSR count). The van der Waals surface area contributed by atoms with E-state index in [1.54, 1.807) is 34.1 Å². The number of rotatable bonds is 7. The summed E-state index contributed by atoms with van der Waals surface area (Å²) >= 11 is 0. The van der Waals surface area contributed by atoms with Gasteiger partial charge in [0.05, 0.1) is 27.4 Å². The Morgan fingerprint density at radius 2 is 1.61 bits per heavy atom. The van der Waals surface area contributed by atoms with Gasteiger partial charge < -0.3 is 18.9 Å². The van der Waals surface area contributed by atoms with Gasteiger partial charge in [-0.15, -0.1) is 0 Å². The van der Waals surface area contributed by atoms with Gasteiger partial charge in [0, 0.05) is 17.5 Å². The van der Waals surface area contributed by atoms with Crippen molar-refractivity contribution in [3.05, 3.63) is 35.9 Å². The van der Waals surface area contributed by atoms with Crippen molar-refractivity contribution in [1.29, 1.82) is 0 Å². The van der Waals surface area contributed by atoms with Crippen molar-refractivity contribution < 1.29 is 28.5 Å². The van der Waals surface area contributed by atoms with Gasteiger partial charge in [0.2, 0.25) is 0 Å². The molecule has 6 heteroatoms. The van der Waals surface area contributed by atoms with Gasteiger partial charge >= 0.3 is 11.9 Å². The Balaban J connectivity index is 2.21. The average molecular weight is 431 g/mol. The summed E-state index contributed by atoms with van der Waals surface area (Å²) in [7, 11) is 3.16. The summed E-state index contributed by atoms with van der Waals surface area (Å²) in [6.45, 7) is 3.91. The summed E-state index contributed by atoms with van der Waals surface area (Å²) in [6, 6.07) is 5.45. The monoisotopic (exact) mass is 430 g/mol. The molecule has 1 fully saturated rings. The predicted octanol–water partition coefficient (Wildman–Crippen LogP) is 4.81. The zero-order valence-electron chi connectivity index (χ0n) is 19.1. The molecule has 0 N–H and O–H groups in total. The van der Waals surface area contributed by atoms with Gasteiger partial charge in [-0.2, -0.15) is 0 Å². The second kappa shape index (κ2) is 9.75. The zero-order valence-corrected chi connectivity index (χ0v) is 19.1. The van der Waals surface area contributed by atoms with E-state index >= 15 is 0 Å². The smallest absolute Gasteiger partial charge is 0.324 e. The van der Waals surface area contributed by atoms with Crippen LogP contribution in [0.15, 0.2) is 30.4 Å². The second-order valence-corrected chi connectivity index (χ2v) is 8.46. The molecule has 0 heterocycles.